The number of pyridine rings is 2. The molecule has 0 aliphatic carbocycles. The third kappa shape index (κ3) is 3.75. The topological polar surface area (TPSA) is 98.4 Å². The largest absolute Gasteiger partial charge is 0.366 e. The van der Waals surface area contributed by atoms with E-state index >= 15 is 0 Å². The number of ether oxygens (including phenoxy) is 2. The van der Waals surface area contributed by atoms with E-state index in [0.717, 1.165) is 36.0 Å². The van der Waals surface area contributed by atoms with Crippen LogP contribution < -0.4 is 0 Å². The standard InChI is InChI=1S/2C9H8N2O/c2*1-6-7(4-10)2-3-8(11-6)9-5-12-9/h2*2-3,9H,5H2,1H3. The molecule has 2 saturated heterocycles. The van der Waals surface area contributed by atoms with E-state index in [0.29, 0.717) is 11.1 Å². The van der Waals surface area contributed by atoms with E-state index in [4.69, 9.17) is 20.0 Å². The van der Waals surface area contributed by atoms with E-state index in [-0.39, 0.29) is 12.2 Å². The van der Waals surface area contributed by atoms with Gasteiger partial charge < -0.3 is 9.47 Å². The lowest BCUT2D eigenvalue weighted by Crippen LogP contribution is -1.93. The fourth-order valence-electron chi connectivity index (χ4n) is 2.19. The number of hydrogen-bond donors (Lipinski definition) is 0. The van der Waals surface area contributed by atoms with Crippen LogP contribution in [0.25, 0.3) is 0 Å². The minimum absolute atomic E-state index is 0.177. The molecule has 0 radical (unpaired) electrons. The van der Waals surface area contributed by atoms with Crippen molar-refractivity contribution in [2.45, 2.75) is 26.1 Å². The minimum Gasteiger partial charge on any atom is -0.366 e. The summed E-state index contributed by atoms with van der Waals surface area (Å²) >= 11 is 0. The van der Waals surface area contributed by atoms with Crippen LogP contribution in [0, 0.1) is 36.5 Å². The summed E-state index contributed by atoms with van der Waals surface area (Å²) in [7, 11) is 0. The zero-order valence-electron chi connectivity index (χ0n) is 13.5. The molecular formula is C18H16N4O2. The molecule has 2 aromatic rings. The maximum absolute atomic E-state index is 8.64. The van der Waals surface area contributed by atoms with Crippen LogP contribution in [0.3, 0.4) is 0 Å². The summed E-state index contributed by atoms with van der Waals surface area (Å²) in [5.41, 5.74) is 4.72. The van der Waals surface area contributed by atoms with Crippen LogP contribution in [-0.2, 0) is 9.47 Å². The zero-order valence-corrected chi connectivity index (χ0v) is 13.5. The van der Waals surface area contributed by atoms with Gasteiger partial charge in [-0.05, 0) is 38.1 Å². The SMILES string of the molecule is Cc1nc(C2CO2)ccc1C#N.Cc1nc(C2CO2)ccc1C#N. The van der Waals surface area contributed by atoms with Crippen LogP contribution in [0.1, 0.15) is 46.1 Å². The van der Waals surface area contributed by atoms with Crippen LogP contribution in [0.15, 0.2) is 24.3 Å². The molecule has 4 rings (SSSR count). The van der Waals surface area contributed by atoms with E-state index in [1.54, 1.807) is 12.1 Å². The summed E-state index contributed by atoms with van der Waals surface area (Å²) in [6.45, 7) is 5.20. The van der Waals surface area contributed by atoms with Gasteiger partial charge in [-0.15, -0.1) is 0 Å². The first kappa shape index (κ1) is 16.1. The summed E-state index contributed by atoms with van der Waals surface area (Å²) in [6, 6.07) is 11.4. The third-order valence-corrected chi connectivity index (χ3v) is 3.78. The lowest BCUT2D eigenvalue weighted by Gasteiger charge is -1.98. The van der Waals surface area contributed by atoms with Crippen molar-refractivity contribution < 1.29 is 9.47 Å². The van der Waals surface area contributed by atoms with E-state index in [1.807, 2.05) is 26.0 Å². The molecule has 2 aromatic heterocycles. The molecule has 2 atom stereocenters. The minimum atomic E-state index is 0.177. The van der Waals surface area contributed by atoms with Gasteiger partial charge in [0.1, 0.15) is 24.3 Å². The maximum atomic E-state index is 8.64. The molecule has 0 bridgehead atoms. The van der Waals surface area contributed by atoms with Crippen molar-refractivity contribution in [1.82, 2.24) is 9.97 Å². The second-order valence-electron chi connectivity index (χ2n) is 5.61. The molecule has 2 aliphatic rings. The number of aryl methyl sites for hydroxylation is 2. The Hall–Kier alpha value is -2.80. The molecule has 6 nitrogen and oxygen atoms in total. The normalized spacial score (nSPS) is 20.2. The van der Waals surface area contributed by atoms with Crippen molar-refractivity contribution in [3.05, 3.63) is 58.2 Å². The Kier molecular flexibility index (Phi) is 4.52. The van der Waals surface area contributed by atoms with Crippen LogP contribution >= 0.6 is 0 Å². The highest BCUT2D eigenvalue weighted by atomic mass is 16.6. The van der Waals surface area contributed by atoms with Crippen molar-refractivity contribution in [1.29, 1.82) is 10.5 Å². The number of nitriles is 2. The predicted octanol–water partition coefficient (Wildman–Crippen LogP) is 2.67. The first-order chi connectivity index (χ1) is 11.6. The Morgan fingerprint density at radius 3 is 1.46 bits per heavy atom. The molecular weight excluding hydrogens is 304 g/mol. The lowest BCUT2D eigenvalue weighted by atomic mass is 10.2. The first-order valence-electron chi connectivity index (χ1n) is 7.61. The van der Waals surface area contributed by atoms with Crippen molar-refractivity contribution in [3.63, 3.8) is 0 Å². The smallest absolute Gasteiger partial charge is 0.123 e. The van der Waals surface area contributed by atoms with Gasteiger partial charge in [-0.2, -0.15) is 10.5 Å². The monoisotopic (exact) mass is 320 g/mol. The fraction of sp³-hybridized carbons (Fsp3) is 0.333. The van der Waals surface area contributed by atoms with Gasteiger partial charge in [0.25, 0.3) is 0 Å². The highest BCUT2D eigenvalue weighted by Crippen LogP contribution is 2.29. The number of hydrogen-bond acceptors (Lipinski definition) is 6. The van der Waals surface area contributed by atoms with Crippen molar-refractivity contribution >= 4 is 0 Å². The van der Waals surface area contributed by atoms with E-state index in [2.05, 4.69) is 22.1 Å². The second-order valence-corrected chi connectivity index (χ2v) is 5.61. The van der Waals surface area contributed by atoms with E-state index in [1.165, 1.54) is 0 Å². The van der Waals surface area contributed by atoms with Gasteiger partial charge in [0, 0.05) is 0 Å². The Labute approximate surface area is 140 Å². The molecule has 2 fully saturated rings. The molecule has 2 unspecified atom stereocenters. The van der Waals surface area contributed by atoms with Gasteiger partial charge in [-0.25, -0.2) is 0 Å². The Morgan fingerprint density at radius 1 is 0.833 bits per heavy atom. The van der Waals surface area contributed by atoms with Gasteiger partial charge in [0.2, 0.25) is 0 Å². The molecule has 6 heteroatoms. The predicted molar refractivity (Wildman–Crippen MR) is 84.8 cm³/mol. The summed E-state index contributed by atoms with van der Waals surface area (Å²) in [5.74, 6) is 0. The number of epoxide rings is 2. The van der Waals surface area contributed by atoms with E-state index in [9.17, 15) is 0 Å². The van der Waals surface area contributed by atoms with Crippen molar-refractivity contribution in [2.24, 2.45) is 0 Å². The molecule has 0 spiro atoms. The summed E-state index contributed by atoms with van der Waals surface area (Å²) in [5, 5.41) is 17.3. The Balaban J connectivity index is 0.000000141. The zero-order chi connectivity index (χ0) is 17.1. The molecule has 0 saturated carbocycles. The van der Waals surface area contributed by atoms with Gasteiger partial charge in [-0.3, -0.25) is 9.97 Å². The summed E-state index contributed by atoms with van der Waals surface area (Å²) in [6.07, 6.45) is 0.355. The number of aromatic nitrogens is 2. The lowest BCUT2D eigenvalue weighted by molar-refractivity contribution is 0.411. The average Bonchev–Trinajstić information content (AvgIpc) is 3.48. The van der Waals surface area contributed by atoms with Crippen LogP contribution in [0.4, 0.5) is 0 Å². The number of nitrogens with zero attached hydrogens (tertiary/aromatic N) is 4. The number of rotatable bonds is 2. The molecule has 2 aliphatic heterocycles. The molecule has 0 aromatic carbocycles. The average molecular weight is 320 g/mol. The van der Waals surface area contributed by atoms with Crippen LogP contribution in [0.2, 0.25) is 0 Å². The van der Waals surface area contributed by atoms with Crippen molar-refractivity contribution in [3.8, 4) is 12.1 Å². The first-order valence-corrected chi connectivity index (χ1v) is 7.61. The highest BCUT2D eigenvalue weighted by Gasteiger charge is 2.27. The van der Waals surface area contributed by atoms with Crippen LogP contribution in [-0.4, -0.2) is 23.2 Å². The molecule has 0 amide bonds. The highest BCUT2D eigenvalue weighted by molar-refractivity contribution is 5.35. The summed E-state index contributed by atoms with van der Waals surface area (Å²) in [4.78, 5) is 8.52. The van der Waals surface area contributed by atoms with Crippen LogP contribution in [0.5, 0.6) is 0 Å². The third-order valence-electron chi connectivity index (χ3n) is 3.78. The Bertz CT molecular complexity index is 772. The van der Waals surface area contributed by atoms with E-state index < -0.39 is 0 Å². The fourth-order valence-corrected chi connectivity index (χ4v) is 2.19. The molecule has 24 heavy (non-hydrogen) atoms. The van der Waals surface area contributed by atoms with Gasteiger partial charge in [-0.1, -0.05) is 0 Å². The quantitative estimate of drug-likeness (QED) is 0.789. The van der Waals surface area contributed by atoms with Crippen molar-refractivity contribution in [2.75, 3.05) is 13.2 Å². The molecule has 0 N–H and O–H groups in total. The molecule has 4 heterocycles. The Morgan fingerprint density at radius 2 is 1.21 bits per heavy atom. The second kappa shape index (κ2) is 6.76. The molecule has 120 valence electrons. The van der Waals surface area contributed by atoms with Gasteiger partial charge >= 0.3 is 0 Å². The summed E-state index contributed by atoms with van der Waals surface area (Å²) < 4.78 is 10.2. The van der Waals surface area contributed by atoms with Gasteiger partial charge in [0.05, 0.1) is 47.1 Å². The maximum Gasteiger partial charge on any atom is 0.123 e. The van der Waals surface area contributed by atoms with Gasteiger partial charge in [0.15, 0.2) is 0 Å².